The quantitative estimate of drug-likeness (QED) is 0.705. The maximum Gasteiger partial charge on any atom is 0.219 e. The molecule has 2 aliphatic rings. The molecule has 0 N–H and O–H groups in total. The standard InChI is InChI=1S/C11H10ClFN2O2/c12-6-3-7-10(14-4-6)11(16)9(13)8-5-17-2-1-15(7)8/h3-4,8-9H,1-2,5H2. The first-order chi connectivity index (χ1) is 8.18. The second-order valence-corrected chi connectivity index (χ2v) is 4.56. The lowest BCUT2D eigenvalue weighted by Crippen LogP contribution is -2.56. The second kappa shape index (κ2) is 3.92. The monoisotopic (exact) mass is 256 g/mol. The van der Waals surface area contributed by atoms with Gasteiger partial charge >= 0.3 is 0 Å². The highest BCUT2D eigenvalue weighted by atomic mass is 35.5. The van der Waals surface area contributed by atoms with Crippen molar-refractivity contribution < 1.29 is 13.9 Å². The van der Waals surface area contributed by atoms with Crippen molar-refractivity contribution in [3.05, 3.63) is 23.0 Å². The van der Waals surface area contributed by atoms with E-state index in [1.807, 2.05) is 4.90 Å². The van der Waals surface area contributed by atoms with E-state index in [1.165, 1.54) is 6.20 Å². The number of pyridine rings is 1. The molecule has 17 heavy (non-hydrogen) atoms. The van der Waals surface area contributed by atoms with Gasteiger partial charge < -0.3 is 9.64 Å². The van der Waals surface area contributed by atoms with Crippen LogP contribution >= 0.6 is 11.6 Å². The molecule has 3 heterocycles. The molecule has 1 aromatic heterocycles. The van der Waals surface area contributed by atoms with Crippen LogP contribution in [-0.2, 0) is 4.74 Å². The Bertz CT molecular complexity index is 483. The number of hydrogen-bond acceptors (Lipinski definition) is 4. The van der Waals surface area contributed by atoms with E-state index in [4.69, 9.17) is 16.3 Å². The number of aromatic nitrogens is 1. The first kappa shape index (κ1) is 10.9. The molecule has 0 bridgehead atoms. The van der Waals surface area contributed by atoms with Crippen LogP contribution < -0.4 is 4.90 Å². The topological polar surface area (TPSA) is 42.4 Å². The third kappa shape index (κ3) is 1.61. The SMILES string of the molecule is O=C1c2ncc(Cl)cc2N2CCOCC2C1F. The lowest BCUT2D eigenvalue weighted by Gasteiger charge is -2.42. The minimum absolute atomic E-state index is 0.167. The maximum absolute atomic E-state index is 13.9. The van der Waals surface area contributed by atoms with Crippen LogP contribution in [0.25, 0.3) is 0 Å². The fraction of sp³-hybridized carbons (Fsp3) is 0.455. The summed E-state index contributed by atoms with van der Waals surface area (Å²) in [6, 6.07) is 1.11. The molecule has 90 valence electrons. The molecular weight excluding hydrogens is 247 g/mol. The van der Waals surface area contributed by atoms with E-state index >= 15 is 0 Å². The van der Waals surface area contributed by atoms with Gasteiger partial charge in [0.1, 0.15) is 5.69 Å². The number of ether oxygens (including phenoxy) is 1. The van der Waals surface area contributed by atoms with Crippen molar-refractivity contribution in [2.75, 3.05) is 24.7 Å². The fourth-order valence-electron chi connectivity index (χ4n) is 2.31. The number of hydrogen-bond donors (Lipinski definition) is 0. The predicted molar refractivity (Wildman–Crippen MR) is 60.4 cm³/mol. The Kier molecular flexibility index (Phi) is 2.52. The van der Waals surface area contributed by atoms with Gasteiger partial charge in [-0.1, -0.05) is 11.6 Å². The van der Waals surface area contributed by atoms with Gasteiger partial charge in [-0.15, -0.1) is 0 Å². The minimum Gasteiger partial charge on any atom is -0.377 e. The Hall–Kier alpha value is -1.20. The third-order valence-corrected chi connectivity index (χ3v) is 3.34. The first-order valence-electron chi connectivity index (χ1n) is 5.36. The van der Waals surface area contributed by atoms with Crippen LogP contribution in [0.3, 0.4) is 0 Å². The molecule has 4 nitrogen and oxygen atoms in total. The molecule has 0 radical (unpaired) electrons. The number of fused-ring (bicyclic) bond motifs is 3. The lowest BCUT2D eigenvalue weighted by atomic mass is 9.96. The summed E-state index contributed by atoms with van der Waals surface area (Å²) >= 11 is 5.87. The molecule has 0 aromatic carbocycles. The fourth-order valence-corrected chi connectivity index (χ4v) is 2.46. The van der Waals surface area contributed by atoms with Crippen molar-refractivity contribution in [3.8, 4) is 0 Å². The molecule has 1 saturated heterocycles. The predicted octanol–water partition coefficient (Wildman–Crippen LogP) is 1.47. The summed E-state index contributed by atoms with van der Waals surface area (Å²) in [7, 11) is 0. The summed E-state index contributed by atoms with van der Waals surface area (Å²) in [5.41, 5.74) is 0.782. The van der Waals surface area contributed by atoms with E-state index in [0.29, 0.717) is 23.9 Å². The Labute approximate surface area is 102 Å². The Morgan fingerprint density at radius 1 is 1.59 bits per heavy atom. The van der Waals surface area contributed by atoms with E-state index in [0.717, 1.165) is 0 Å². The molecule has 0 spiro atoms. The summed E-state index contributed by atoms with van der Waals surface area (Å²) in [5.74, 6) is -0.580. The number of nitrogens with zero attached hydrogens (tertiary/aromatic N) is 2. The zero-order chi connectivity index (χ0) is 12.0. The highest BCUT2D eigenvalue weighted by Gasteiger charge is 2.43. The molecule has 0 aliphatic carbocycles. The Morgan fingerprint density at radius 2 is 2.41 bits per heavy atom. The van der Waals surface area contributed by atoms with Crippen LogP contribution in [-0.4, -0.2) is 42.7 Å². The molecule has 1 aromatic rings. The van der Waals surface area contributed by atoms with Gasteiger partial charge in [-0.3, -0.25) is 4.79 Å². The largest absolute Gasteiger partial charge is 0.377 e. The summed E-state index contributed by atoms with van der Waals surface area (Å²) in [4.78, 5) is 17.6. The van der Waals surface area contributed by atoms with Crippen LogP contribution in [0.5, 0.6) is 0 Å². The molecular formula is C11H10ClFN2O2. The zero-order valence-electron chi connectivity index (χ0n) is 8.90. The normalized spacial score (nSPS) is 27.6. The van der Waals surface area contributed by atoms with Crippen LogP contribution in [0.2, 0.25) is 5.02 Å². The van der Waals surface area contributed by atoms with Crippen LogP contribution in [0, 0.1) is 0 Å². The van der Waals surface area contributed by atoms with Crippen molar-refractivity contribution >= 4 is 23.1 Å². The number of anilines is 1. The van der Waals surface area contributed by atoms with Crippen molar-refractivity contribution in [2.24, 2.45) is 0 Å². The lowest BCUT2D eigenvalue weighted by molar-refractivity contribution is 0.0513. The molecule has 2 aliphatic heterocycles. The molecule has 0 saturated carbocycles. The summed E-state index contributed by atoms with van der Waals surface area (Å²) < 4.78 is 19.2. The molecule has 2 unspecified atom stereocenters. The van der Waals surface area contributed by atoms with Gasteiger partial charge in [0, 0.05) is 12.7 Å². The van der Waals surface area contributed by atoms with E-state index in [-0.39, 0.29) is 12.3 Å². The van der Waals surface area contributed by atoms with Gasteiger partial charge in [-0.2, -0.15) is 0 Å². The number of alkyl halides is 1. The first-order valence-corrected chi connectivity index (χ1v) is 5.74. The number of carbonyl (C=O) groups is 1. The highest BCUT2D eigenvalue weighted by molar-refractivity contribution is 6.31. The Morgan fingerprint density at radius 3 is 3.24 bits per heavy atom. The van der Waals surface area contributed by atoms with Gasteiger partial charge in [-0.25, -0.2) is 9.37 Å². The zero-order valence-corrected chi connectivity index (χ0v) is 9.65. The summed E-state index contributed by atoms with van der Waals surface area (Å²) in [6.07, 6.45) is -0.206. The van der Waals surface area contributed by atoms with Gasteiger partial charge in [0.05, 0.1) is 30.0 Å². The van der Waals surface area contributed by atoms with Crippen molar-refractivity contribution in [2.45, 2.75) is 12.2 Å². The van der Waals surface area contributed by atoms with Gasteiger partial charge in [0.15, 0.2) is 6.17 Å². The van der Waals surface area contributed by atoms with Crippen LogP contribution in [0.15, 0.2) is 12.3 Å². The van der Waals surface area contributed by atoms with Crippen molar-refractivity contribution in [1.82, 2.24) is 4.98 Å². The number of rotatable bonds is 0. The van der Waals surface area contributed by atoms with Crippen molar-refractivity contribution in [3.63, 3.8) is 0 Å². The molecule has 2 atom stereocenters. The average Bonchev–Trinajstić information content (AvgIpc) is 2.36. The number of carbonyl (C=O) groups excluding carboxylic acids is 1. The molecule has 0 amide bonds. The smallest absolute Gasteiger partial charge is 0.219 e. The molecule has 1 fully saturated rings. The van der Waals surface area contributed by atoms with E-state index in [2.05, 4.69) is 4.98 Å². The third-order valence-electron chi connectivity index (χ3n) is 3.13. The van der Waals surface area contributed by atoms with Gasteiger partial charge in [-0.05, 0) is 6.07 Å². The minimum atomic E-state index is -1.57. The second-order valence-electron chi connectivity index (χ2n) is 4.12. The number of Topliss-reactive ketones (excluding diaryl/α,β-unsaturated/α-hetero) is 1. The molecule has 6 heteroatoms. The maximum atomic E-state index is 13.9. The molecule has 3 rings (SSSR count). The van der Waals surface area contributed by atoms with E-state index < -0.39 is 18.0 Å². The Balaban J connectivity index is 2.13. The van der Waals surface area contributed by atoms with E-state index in [9.17, 15) is 9.18 Å². The average molecular weight is 257 g/mol. The summed E-state index contributed by atoms with van der Waals surface area (Å²) in [5, 5.41) is 0.444. The number of morpholine rings is 1. The van der Waals surface area contributed by atoms with Crippen molar-refractivity contribution in [1.29, 1.82) is 0 Å². The number of ketones is 1. The highest BCUT2D eigenvalue weighted by Crippen LogP contribution is 2.33. The number of halogens is 2. The van der Waals surface area contributed by atoms with Gasteiger partial charge in [0.25, 0.3) is 0 Å². The summed E-state index contributed by atoms with van der Waals surface area (Å²) in [6.45, 7) is 1.29. The van der Waals surface area contributed by atoms with E-state index in [1.54, 1.807) is 6.07 Å². The van der Waals surface area contributed by atoms with Gasteiger partial charge in [0.2, 0.25) is 5.78 Å². The van der Waals surface area contributed by atoms with Crippen LogP contribution in [0.4, 0.5) is 10.1 Å². The van der Waals surface area contributed by atoms with Crippen LogP contribution in [0.1, 0.15) is 10.5 Å².